The highest BCUT2D eigenvalue weighted by Crippen LogP contribution is 2.21. The van der Waals surface area contributed by atoms with E-state index in [1.54, 1.807) is 24.3 Å². The number of nitrogens with zero attached hydrogens (tertiary/aromatic N) is 1. The number of aliphatic carboxylic acids is 1. The van der Waals surface area contributed by atoms with Crippen molar-refractivity contribution in [2.24, 2.45) is 0 Å². The molecule has 0 unspecified atom stereocenters. The number of carbonyl (C=O) groups excluding carboxylic acids is 1. The number of aliphatic hydroxyl groups is 1. The molecule has 2 N–H and O–H groups in total. The summed E-state index contributed by atoms with van der Waals surface area (Å²) in [4.78, 5) is 35.2. The van der Waals surface area contributed by atoms with Crippen molar-refractivity contribution in [1.82, 2.24) is 4.57 Å². The molecule has 0 atom stereocenters. The van der Waals surface area contributed by atoms with Gasteiger partial charge in [0.05, 0.1) is 12.1 Å². The lowest BCUT2D eigenvalue weighted by atomic mass is 10.0. The van der Waals surface area contributed by atoms with Crippen LogP contribution in [0.2, 0.25) is 5.02 Å². The van der Waals surface area contributed by atoms with E-state index in [4.69, 9.17) is 16.7 Å². The van der Waals surface area contributed by atoms with Crippen molar-refractivity contribution in [2.45, 2.75) is 13.0 Å². The van der Waals surface area contributed by atoms with E-state index >= 15 is 0 Å². The van der Waals surface area contributed by atoms with Crippen molar-refractivity contribution in [3.8, 4) is 0 Å². The molecule has 0 radical (unpaired) electrons. The molecule has 0 aliphatic rings. The maximum Gasteiger partial charge on any atom is 0.376 e. The molecule has 0 saturated heterocycles. The van der Waals surface area contributed by atoms with Gasteiger partial charge in [0.15, 0.2) is 0 Å². The first-order valence-electron chi connectivity index (χ1n) is 9.24. The first-order valence-corrected chi connectivity index (χ1v) is 9.62. The molecular weight excluding hydrogens is 444 g/mol. The van der Waals surface area contributed by atoms with E-state index in [0.717, 1.165) is 10.6 Å². The molecule has 3 rings (SSSR count). The molecule has 0 amide bonds. The van der Waals surface area contributed by atoms with Crippen LogP contribution >= 0.6 is 11.6 Å². The zero-order valence-corrected chi connectivity index (χ0v) is 17.1. The van der Waals surface area contributed by atoms with Crippen molar-refractivity contribution in [3.05, 3.63) is 110 Å². The van der Waals surface area contributed by atoms with Crippen molar-refractivity contribution < 1.29 is 28.6 Å². The normalized spacial score (nSPS) is 11.4. The molecule has 164 valence electrons. The third-order valence-corrected chi connectivity index (χ3v) is 4.97. The van der Waals surface area contributed by atoms with E-state index in [0.29, 0.717) is 28.3 Å². The van der Waals surface area contributed by atoms with Crippen LogP contribution in [0.25, 0.3) is 5.76 Å². The van der Waals surface area contributed by atoms with Gasteiger partial charge in [0.25, 0.3) is 11.3 Å². The Kier molecular flexibility index (Phi) is 6.85. The van der Waals surface area contributed by atoms with Gasteiger partial charge in [-0.3, -0.25) is 9.59 Å². The van der Waals surface area contributed by atoms with Crippen LogP contribution in [0.4, 0.5) is 8.78 Å². The average molecular weight is 460 g/mol. The zero-order chi connectivity index (χ0) is 23.4. The maximum absolute atomic E-state index is 14.1. The predicted octanol–water partition coefficient (Wildman–Crippen LogP) is 3.97. The van der Waals surface area contributed by atoms with Crippen molar-refractivity contribution in [1.29, 1.82) is 0 Å². The minimum absolute atomic E-state index is 0.0134. The number of aromatic nitrogens is 1. The summed E-state index contributed by atoms with van der Waals surface area (Å²) in [6.07, 6.45) is 2.06. The first-order chi connectivity index (χ1) is 15.2. The summed E-state index contributed by atoms with van der Waals surface area (Å²) in [5, 5.41) is 19.5. The number of carboxylic acid groups (broad SMARTS) is 1. The lowest BCUT2D eigenvalue weighted by molar-refractivity contribution is -0.146. The summed E-state index contributed by atoms with van der Waals surface area (Å²) in [6, 6.07) is 11.1. The van der Waals surface area contributed by atoms with Crippen LogP contribution in [0.5, 0.6) is 0 Å². The maximum atomic E-state index is 14.1. The Balaban J connectivity index is 2.12. The van der Waals surface area contributed by atoms with Gasteiger partial charge in [0.1, 0.15) is 17.4 Å². The van der Waals surface area contributed by atoms with Gasteiger partial charge < -0.3 is 14.8 Å². The molecule has 3 aromatic rings. The number of carboxylic acids is 1. The van der Waals surface area contributed by atoms with Crippen LogP contribution < -0.4 is 5.56 Å². The third kappa shape index (κ3) is 5.28. The molecule has 0 aliphatic carbocycles. The van der Waals surface area contributed by atoms with E-state index < -0.39 is 34.7 Å². The van der Waals surface area contributed by atoms with Gasteiger partial charge in [0.2, 0.25) is 0 Å². The summed E-state index contributed by atoms with van der Waals surface area (Å²) in [7, 11) is 0. The second kappa shape index (κ2) is 9.57. The SMILES string of the molecule is O=C(O)C(=O)C=C(O)c1cc(Cc2ccccc2Cl)cn(Cc2ccc(F)cc2F)c1=O. The molecule has 0 aliphatic heterocycles. The van der Waals surface area contributed by atoms with Crippen LogP contribution in [0.15, 0.2) is 65.6 Å². The number of ketones is 1. The summed E-state index contributed by atoms with van der Waals surface area (Å²) >= 11 is 6.19. The topological polar surface area (TPSA) is 96.6 Å². The molecule has 1 aromatic heterocycles. The molecule has 2 aromatic carbocycles. The second-order valence-electron chi connectivity index (χ2n) is 6.90. The van der Waals surface area contributed by atoms with E-state index in [9.17, 15) is 28.3 Å². The van der Waals surface area contributed by atoms with Crippen LogP contribution in [0.1, 0.15) is 22.3 Å². The molecule has 0 saturated carbocycles. The van der Waals surface area contributed by atoms with Crippen molar-refractivity contribution in [2.75, 3.05) is 0 Å². The number of benzene rings is 2. The summed E-state index contributed by atoms with van der Waals surface area (Å²) in [5.74, 6) is -5.72. The Morgan fingerprint density at radius 2 is 1.75 bits per heavy atom. The van der Waals surface area contributed by atoms with Crippen LogP contribution in [0.3, 0.4) is 0 Å². The smallest absolute Gasteiger partial charge is 0.376 e. The number of hydrogen-bond donors (Lipinski definition) is 2. The van der Waals surface area contributed by atoms with E-state index in [2.05, 4.69) is 0 Å². The third-order valence-electron chi connectivity index (χ3n) is 4.61. The van der Waals surface area contributed by atoms with Gasteiger partial charge >= 0.3 is 5.97 Å². The Bertz CT molecular complexity index is 1300. The summed E-state index contributed by atoms with van der Waals surface area (Å²) in [6.45, 7) is -0.297. The average Bonchev–Trinajstić information content (AvgIpc) is 2.73. The number of pyridine rings is 1. The minimum Gasteiger partial charge on any atom is -0.507 e. The zero-order valence-electron chi connectivity index (χ0n) is 16.4. The number of halogens is 3. The molecule has 9 heteroatoms. The van der Waals surface area contributed by atoms with Gasteiger partial charge in [-0.05, 0) is 29.3 Å². The Morgan fingerprint density at radius 1 is 1.03 bits per heavy atom. The fourth-order valence-corrected chi connectivity index (χ4v) is 3.26. The van der Waals surface area contributed by atoms with E-state index in [-0.39, 0.29) is 24.1 Å². The van der Waals surface area contributed by atoms with Gasteiger partial charge in [-0.15, -0.1) is 0 Å². The molecule has 0 spiro atoms. The largest absolute Gasteiger partial charge is 0.507 e. The summed E-state index contributed by atoms with van der Waals surface area (Å²) in [5.41, 5.74) is 0.0241. The molecule has 6 nitrogen and oxygen atoms in total. The standard InChI is InChI=1S/C23H16ClF2NO5/c24-18-4-2-1-3-14(18)7-13-8-17(20(28)10-21(29)23(31)32)22(30)27(11-13)12-15-5-6-16(25)9-19(15)26/h1-6,8-11,28H,7,12H2,(H,31,32). The van der Waals surface area contributed by atoms with Gasteiger partial charge in [0, 0.05) is 35.3 Å². The lowest BCUT2D eigenvalue weighted by Crippen LogP contribution is -2.25. The highest BCUT2D eigenvalue weighted by molar-refractivity contribution is 6.38. The minimum atomic E-state index is -1.81. The Hall–Kier alpha value is -3.78. The first kappa shape index (κ1) is 22.9. The monoisotopic (exact) mass is 459 g/mol. The number of carbonyl (C=O) groups is 2. The second-order valence-corrected chi connectivity index (χ2v) is 7.31. The Morgan fingerprint density at radius 3 is 2.41 bits per heavy atom. The van der Waals surface area contributed by atoms with Crippen molar-refractivity contribution in [3.63, 3.8) is 0 Å². The molecule has 0 bridgehead atoms. The number of aliphatic hydroxyl groups excluding tert-OH is 1. The molecule has 32 heavy (non-hydrogen) atoms. The van der Waals surface area contributed by atoms with Gasteiger partial charge in [-0.2, -0.15) is 0 Å². The summed E-state index contributed by atoms with van der Waals surface area (Å²) < 4.78 is 28.4. The predicted molar refractivity (Wildman–Crippen MR) is 114 cm³/mol. The highest BCUT2D eigenvalue weighted by Gasteiger charge is 2.17. The molecule has 1 heterocycles. The van der Waals surface area contributed by atoms with Crippen LogP contribution in [-0.2, 0) is 22.6 Å². The van der Waals surface area contributed by atoms with Gasteiger partial charge in [-0.25, -0.2) is 13.6 Å². The number of rotatable bonds is 7. The fraction of sp³-hybridized carbons (Fsp3) is 0.0870. The fourth-order valence-electron chi connectivity index (χ4n) is 3.05. The van der Waals surface area contributed by atoms with E-state index in [1.807, 2.05) is 0 Å². The van der Waals surface area contributed by atoms with Crippen LogP contribution in [0, 0.1) is 11.6 Å². The Labute approximate surface area is 185 Å². The highest BCUT2D eigenvalue weighted by atomic mass is 35.5. The van der Waals surface area contributed by atoms with E-state index in [1.165, 1.54) is 18.3 Å². The van der Waals surface area contributed by atoms with Gasteiger partial charge in [-0.1, -0.05) is 35.9 Å². The van der Waals surface area contributed by atoms with Crippen LogP contribution in [-0.4, -0.2) is 26.5 Å². The molecular formula is C23H16ClF2NO5. The lowest BCUT2D eigenvalue weighted by Gasteiger charge is -2.13. The van der Waals surface area contributed by atoms with Crippen molar-refractivity contribution >= 4 is 29.1 Å². The molecule has 0 fully saturated rings. The quantitative estimate of drug-likeness (QED) is 0.316. The number of hydrogen-bond acceptors (Lipinski definition) is 4.